The van der Waals surface area contributed by atoms with Gasteiger partial charge in [0.25, 0.3) is 0 Å². The number of carbonyl (C=O) groups excluding carboxylic acids is 1. The summed E-state index contributed by atoms with van der Waals surface area (Å²) >= 11 is 0. The first-order chi connectivity index (χ1) is 9.79. The Balaban J connectivity index is 2.59. The molecule has 1 aromatic carbocycles. The molecule has 5 heteroatoms. The Morgan fingerprint density at radius 3 is 2.24 bits per heavy atom. The minimum Gasteiger partial charge on any atom is -0.480 e. The van der Waals surface area contributed by atoms with Gasteiger partial charge in [0.2, 0.25) is 5.91 Å². The molecule has 0 bridgehead atoms. The number of halogens is 1. The zero-order valence-corrected chi connectivity index (χ0v) is 12.6. The van der Waals surface area contributed by atoms with Crippen LogP contribution in [0.4, 0.5) is 4.39 Å². The molecule has 0 saturated heterocycles. The molecule has 116 valence electrons. The molecule has 0 aliphatic heterocycles. The molecule has 4 nitrogen and oxygen atoms in total. The summed E-state index contributed by atoms with van der Waals surface area (Å²) in [7, 11) is 0. The Labute approximate surface area is 124 Å². The number of carbonyl (C=O) groups is 2. The fourth-order valence-electron chi connectivity index (χ4n) is 2.13. The van der Waals surface area contributed by atoms with Gasteiger partial charge in [0.1, 0.15) is 11.9 Å². The van der Waals surface area contributed by atoms with Gasteiger partial charge in [-0.25, -0.2) is 9.18 Å². The van der Waals surface area contributed by atoms with Crippen molar-refractivity contribution in [1.29, 1.82) is 0 Å². The number of carboxylic acids is 1. The predicted octanol–water partition coefficient (Wildman–Crippen LogP) is 2.93. The first kappa shape index (κ1) is 17.1. The summed E-state index contributed by atoms with van der Waals surface area (Å²) < 4.78 is 12.9. The van der Waals surface area contributed by atoms with Crippen molar-refractivity contribution in [3.05, 3.63) is 35.6 Å². The molecule has 1 amide bonds. The van der Waals surface area contributed by atoms with E-state index in [2.05, 4.69) is 5.32 Å². The van der Waals surface area contributed by atoms with Gasteiger partial charge in [-0.2, -0.15) is 0 Å². The maximum absolute atomic E-state index is 12.9. The molecular formula is C16H22FNO3. The molecule has 1 unspecified atom stereocenters. The number of hydrogen-bond donors (Lipinski definition) is 2. The van der Waals surface area contributed by atoms with Gasteiger partial charge in [-0.05, 0) is 36.0 Å². The molecule has 0 heterocycles. The zero-order chi connectivity index (χ0) is 16.0. The van der Waals surface area contributed by atoms with E-state index in [1.165, 1.54) is 12.1 Å². The highest BCUT2D eigenvalue weighted by molar-refractivity contribution is 5.83. The fraction of sp³-hybridized carbons (Fsp3) is 0.500. The van der Waals surface area contributed by atoms with Gasteiger partial charge >= 0.3 is 5.97 Å². The van der Waals surface area contributed by atoms with E-state index in [0.29, 0.717) is 6.42 Å². The predicted molar refractivity (Wildman–Crippen MR) is 78.5 cm³/mol. The normalized spacial score (nSPS) is 13.8. The van der Waals surface area contributed by atoms with Crippen molar-refractivity contribution < 1.29 is 19.1 Å². The van der Waals surface area contributed by atoms with Crippen LogP contribution in [0.25, 0.3) is 0 Å². The van der Waals surface area contributed by atoms with Crippen LogP contribution in [0.1, 0.15) is 45.1 Å². The molecule has 0 aromatic heterocycles. The number of amides is 1. The lowest BCUT2D eigenvalue weighted by molar-refractivity contribution is -0.142. The Kier molecular flexibility index (Phi) is 6.34. The molecular weight excluding hydrogens is 273 g/mol. The summed E-state index contributed by atoms with van der Waals surface area (Å²) in [5, 5.41) is 11.6. The molecule has 2 atom stereocenters. The number of nitrogens with one attached hydrogen (secondary N) is 1. The van der Waals surface area contributed by atoms with E-state index in [9.17, 15) is 14.0 Å². The summed E-state index contributed by atoms with van der Waals surface area (Å²) in [6.45, 7) is 5.66. The van der Waals surface area contributed by atoms with Crippen molar-refractivity contribution in [2.24, 2.45) is 5.92 Å². The van der Waals surface area contributed by atoms with Gasteiger partial charge in [-0.15, -0.1) is 0 Å². The zero-order valence-electron chi connectivity index (χ0n) is 12.6. The summed E-state index contributed by atoms with van der Waals surface area (Å²) in [5.74, 6) is -1.57. The van der Waals surface area contributed by atoms with Crippen LogP contribution in [0, 0.1) is 11.7 Å². The van der Waals surface area contributed by atoms with Crippen molar-refractivity contribution in [2.75, 3.05) is 0 Å². The van der Waals surface area contributed by atoms with Crippen LogP contribution in [0.2, 0.25) is 0 Å². The van der Waals surface area contributed by atoms with E-state index >= 15 is 0 Å². The van der Waals surface area contributed by atoms with E-state index in [1.54, 1.807) is 12.1 Å². The molecule has 0 saturated carbocycles. The lowest BCUT2D eigenvalue weighted by Crippen LogP contribution is -2.41. The maximum Gasteiger partial charge on any atom is 0.326 e. The Morgan fingerprint density at radius 1 is 1.19 bits per heavy atom. The monoisotopic (exact) mass is 295 g/mol. The van der Waals surface area contributed by atoms with Crippen LogP contribution in [0.15, 0.2) is 24.3 Å². The van der Waals surface area contributed by atoms with Crippen molar-refractivity contribution in [2.45, 2.75) is 45.6 Å². The molecule has 0 aliphatic carbocycles. The molecule has 21 heavy (non-hydrogen) atoms. The van der Waals surface area contributed by atoms with Crippen molar-refractivity contribution >= 4 is 11.9 Å². The lowest BCUT2D eigenvalue weighted by Gasteiger charge is -2.18. The lowest BCUT2D eigenvalue weighted by atomic mass is 9.97. The van der Waals surface area contributed by atoms with Crippen LogP contribution in [0.5, 0.6) is 0 Å². The molecule has 2 N–H and O–H groups in total. The summed E-state index contributed by atoms with van der Waals surface area (Å²) in [5.41, 5.74) is 0.849. The van der Waals surface area contributed by atoms with Gasteiger partial charge in [0.05, 0.1) is 0 Å². The molecule has 0 spiro atoms. The number of aliphatic carboxylic acids is 1. The third-order valence-electron chi connectivity index (χ3n) is 3.27. The van der Waals surface area contributed by atoms with E-state index in [-0.39, 0.29) is 30.0 Å². The second kappa shape index (κ2) is 7.76. The SMILES string of the molecule is CC(C)C[C@@H](NC(=O)CC(C)c1ccc(F)cc1)C(=O)O. The number of rotatable bonds is 7. The van der Waals surface area contributed by atoms with Crippen LogP contribution < -0.4 is 5.32 Å². The number of carboxylic acid groups (broad SMARTS) is 1. The van der Waals surface area contributed by atoms with Crippen LogP contribution in [0.3, 0.4) is 0 Å². The average molecular weight is 295 g/mol. The van der Waals surface area contributed by atoms with Crippen LogP contribution in [-0.2, 0) is 9.59 Å². The highest BCUT2D eigenvalue weighted by Crippen LogP contribution is 2.19. The van der Waals surface area contributed by atoms with Gasteiger partial charge in [0.15, 0.2) is 0 Å². The molecule has 0 radical (unpaired) electrons. The second-order valence-electron chi connectivity index (χ2n) is 5.74. The average Bonchev–Trinajstić information content (AvgIpc) is 2.37. The maximum atomic E-state index is 12.9. The molecule has 0 aliphatic rings. The van der Waals surface area contributed by atoms with Crippen molar-refractivity contribution in [1.82, 2.24) is 5.32 Å². The minimum atomic E-state index is -1.02. The summed E-state index contributed by atoms with van der Waals surface area (Å²) in [6.07, 6.45) is 0.569. The number of benzene rings is 1. The minimum absolute atomic E-state index is 0.0981. The third kappa shape index (κ3) is 5.94. The van der Waals surface area contributed by atoms with Gasteiger partial charge < -0.3 is 10.4 Å². The Morgan fingerprint density at radius 2 is 1.76 bits per heavy atom. The summed E-state index contributed by atoms with van der Waals surface area (Å²) in [4.78, 5) is 23.0. The molecule has 1 aromatic rings. The van der Waals surface area contributed by atoms with Crippen molar-refractivity contribution in [3.8, 4) is 0 Å². The van der Waals surface area contributed by atoms with Gasteiger partial charge in [-0.1, -0.05) is 32.9 Å². The van der Waals surface area contributed by atoms with E-state index in [4.69, 9.17) is 5.11 Å². The highest BCUT2D eigenvalue weighted by atomic mass is 19.1. The fourth-order valence-corrected chi connectivity index (χ4v) is 2.13. The van der Waals surface area contributed by atoms with Gasteiger partial charge in [-0.3, -0.25) is 4.79 Å². The topological polar surface area (TPSA) is 66.4 Å². The van der Waals surface area contributed by atoms with Crippen molar-refractivity contribution in [3.63, 3.8) is 0 Å². The largest absolute Gasteiger partial charge is 0.480 e. The molecule has 1 rings (SSSR count). The second-order valence-corrected chi connectivity index (χ2v) is 5.74. The Hall–Kier alpha value is -1.91. The standard InChI is InChI=1S/C16H22FNO3/c1-10(2)8-14(16(20)21)18-15(19)9-11(3)12-4-6-13(17)7-5-12/h4-7,10-11,14H,8-9H2,1-3H3,(H,18,19)(H,20,21)/t11?,14-/m1/s1. The smallest absolute Gasteiger partial charge is 0.326 e. The third-order valence-corrected chi connectivity index (χ3v) is 3.27. The Bertz CT molecular complexity index is 485. The van der Waals surface area contributed by atoms with E-state index in [1.807, 2.05) is 20.8 Å². The first-order valence-electron chi connectivity index (χ1n) is 7.07. The van der Waals surface area contributed by atoms with Gasteiger partial charge in [0, 0.05) is 6.42 Å². The quantitative estimate of drug-likeness (QED) is 0.812. The molecule has 0 fully saturated rings. The highest BCUT2D eigenvalue weighted by Gasteiger charge is 2.22. The number of hydrogen-bond acceptors (Lipinski definition) is 2. The van der Waals surface area contributed by atoms with Crippen LogP contribution in [-0.4, -0.2) is 23.0 Å². The first-order valence-corrected chi connectivity index (χ1v) is 7.07. The van der Waals surface area contributed by atoms with E-state index in [0.717, 1.165) is 5.56 Å². The summed E-state index contributed by atoms with van der Waals surface area (Å²) in [6, 6.07) is 5.11. The van der Waals surface area contributed by atoms with Crippen LogP contribution >= 0.6 is 0 Å². The van der Waals surface area contributed by atoms with E-state index < -0.39 is 12.0 Å².